The highest BCUT2D eigenvalue weighted by Crippen LogP contribution is 2.37. The minimum absolute atomic E-state index is 0.139. The molecule has 9 heteroatoms. The molecule has 0 spiro atoms. The van der Waals surface area contributed by atoms with Gasteiger partial charge in [0.05, 0.1) is 37.7 Å². The van der Waals surface area contributed by atoms with Gasteiger partial charge in [0.15, 0.2) is 11.5 Å². The highest BCUT2D eigenvalue weighted by molar-refractivity contribution is 6.39. The third kappa shape index (κ3) is 4.93. The molecule has 2 atom stereocenters. The van der Waals surface area contributed by atoms with Gasteiger partial charge >= 0.3 is 11.8 Å². The number of aromatic nitrogens is 1. The van der Waals surface area contributed by atoms with Crippen LogP contribution in [0.2, 0.25) is 0 Å². The number of amides is 3. The van der Waals surface area contributed by atoms with Crippen molar-refractivity contribution in [2.75, 3.05) is 26.1 Å². The quantitative estimate of drug-likeness (QED) is 0.706. The predicted molar refractivity (Wildman–Crippen MR) is 114 cm³/mol. The smallest absolute Gasteiger partial charge is 0.313 e. The molecule has 164 valence electrons. The molecule has 1 aromatic carbocycles. The minimum atomic E-state index is -0.803. The Morgan fingerprint density at radius 2 is 1.84 bits per heavy atom. The van der Waals surface area contributed by atoms with Crippen LogP contribution in [-0.2, 0) is 9.59 Å². The Balaban J connectivity index is 1.83. The first kappa shape index (κ1) is 22.1. The molecule has 0 radical (unpaired) electrons. The van der Waals surface area contributed by atoms with E-state index in [1.165, 1.54) is 18.5 Å². The van der Waals surface area contributed by atoms with E-state index in [0.717, 1.165) is 12.0 Å². The molecule has 31 heavy (non-hydrogen) atoms. The number of hydrogen-bond donors (Lipinski definition) is 2. The van der Waals surface area contributed by atoms with Crippen molar-refractivity contribution in [3.8, 4) is 11.5 Å². The van der Waals surface area contributed by atoms with Gasteiger partial charge in [0.1, 0.15) is 0 Å². The molecule has 0 aliphatic carbocycles. The van der Waals surface area contributed by atoms with Crippen LogP contribution in [0.1, 0.15) is 41.7 Å². The second-order valence-corrected chi connectivity index (χ2v) is 7.55. The number of ether oxygens (including phenoxy) is 2. The van der Waals surface area contributed by atoms with Gasteiger partial charge in [-0.2, -0.15) is 0 Å². The number of anilines is 1. The number of primary amides is 1. The standard InChI is InChI=1S/C22H26N4O5/c1-13-4-6-17(14-5-7-18(30-2)19(9-14)31-3)26(12-13)22(29)21(28)25-16-8-15(20(23)27)10-24-11-16/h5,7-11,13,17H,4,6,12H2,1-3H3,(H2,23,27)(H,25,28)/t13-,17+/m1/s1. The number of piperidine rings is 1. The van der Waals surface area contributed by atoms with Crippen molar-refractivity contribution >= 4 is 23.4 Å². The fourth-order valence-electron chi connectivity index (χ4n) is 3.74. The summed E-state index contributed by atoms with van der Waals surface area (Å²) in [4.78, 5) is 42.6. The number of pyridine rings is 1. The number of nitrogens with two attached hydrogens (primary N) is 1. The maximum atomic E-state index is 13.1. The van der Waals surface area contributed by atoms with Gasteiger partial charge in [-0.25, -0.2) is 0 Å². The second kappa shape index (κ2) is 9.46. The molecule has 1 saturated heterocycles. The number of methoxy groups -OCH3 is 2. The number of benzene rings is 1. The first-order chi connectivity index (χ1) is 14.8. The molecule has 1 aliphatic heterocycles. The number of carbonyl (C=O) groups is 3. The third-order valence-electron chi connectivity index (χ3n) is 5.35. The van der Waals surface area contributed by atoms with Gasteiger partial charge < -0.3 is 25.4 Å². The van der Waals surface area contributed by atoms with Gasteiger partial charge in [-0.3, -0.25) is 19.4 Å². The van der Waals surface area contributed by atoms with E-state index < -0.39 is 17.7 Å². The predicted octanol–water partition coefficient (Wildman–Crippen LogP) is 2.14. The summed E-state index contributed by atoms with van der Waals surface area (Å²) in [6, 6.07) is 6.60. The minimum Gasteiger partial charge on any atom is -0.493 e. The average Bonchev–Trinajstić information content (AvgIpc) is 2.78. The molecule has 0 unspecified atom stereocenters. The Kier molecular flexibility index (Phi) is 6.74. The average molecular weight is 426 g/mol. The highest BCUT2D eigenvalue weighted by atomic mass is 16.5. The van der Waals surface area contributed by atoms with Gasteiger partial charge in [0.25, 0.3) is 0 Å². The van der Waals surface area contributed by atoms with Crippen LogP contribution in [0.3, 0.4) is 0 Å². The van der Waals surface area contributed by atoms with Crippen molar-refractivity contribution in [3.63, 3.8) is 0 Å². The number of likely N-dealkylation sites (tertiary alicyclic amines) is 1. The molecule has 1 aliphatic rings. The summed E-state index contributed by atoms with van der Waals surface area (Å²) in [5.74, 6) is -0.724. The molecule has 0 bridgehead atoms. The Morgan fingerprint density at radius 1 is 1.10 bits per heavy atom. The monoisotopic (exact) mass is 426 g/mol. The van der Waals surface area contributed by atoms with E-state index in [1.807, 2.05) is 19.1 Å². The largest absolute Gasteiger partial charge is 0.493 e. The van der Waals surface area contributed by atoms with Crippen LogP contribution in [0.15, 0.2) is 36.7 Å². The second-order valence-electron chi connectivity index (χ2n) is 7.55. The van der Waals surface area contributed by atoms with E-state index in [9.17, 15) is 14.4 Å². The Morgan fingerprint density at radius 3 is 2.52 bits per heavy atom. The Hall–Kier alpha value is -3.62. The molecule has 3 rings (SSSR count). The van der Waals surface area contributed by atoms with Gasteiger partial charge in [0, 0.05) is 12.7 Å². The van der Waals surface area contributed by atoms with E-state index in [2.05, 4.69) is 10.3 Å². The maximum absolute atomic E-state index is 13.1. The van der Waals surface area contributed by atoms with E-state index in [1.54, 1.807) is 25.2 Å². The topological polar surface area (TPSA) is 124 Å². The zero-order chi connectivity index (χ0) is 22.5. The molecule has 2 aromatic rings. The fraction of sp³-hybridized carbons (Fsp3) is 0.364. The van der Waals surface area contributed by atoms with Crippen molar-refractivity contribution in [2.24, 2.45) is 11.7 Å². The highest BCUT2D eigenvalue weighted by Gasteiger charge is 2.34. The summed E-state index contributed by atoms with van der Waals surface area (Å²) < 4.78 is 10.7. The van der Waals surface area contributed by atoms with Crippen LogP contribution < -0.4 is 20.5 Å². The zero-order valence-electron chi connectivity index (χ0n) is 17.8. The summed E-state index contributed by atoms with van der Waals surface area (Å²) >= 11 is 0. The lowest BCUT2D eigenvalue weighted by molar-refractivity contribution is -0.146. The molecular formula is C22H26N4O5. The molecule has 3 N–H and O–H groups in total. The van der Waals surface area contributed by atoms with Crippen LogP contribution in [0.25, 0.3) is 0 Å². The van der Waals surface area contributed by atoms with Crippen molar-refractivity contribution in [2.45, 2.75) is 25.8 Å². The summed E-state index contributed by atoms with van der Waals surface area (Å²) in [6.07, 6.45) is 4.28. The number of carbonyl (C=O) groups excluding carboxylic acids is 3. The Bertz CT molecular complexity index is 994. The molecular weight excluding hydrogens is 400 g/mol. The number of rotatable bonds is 5. The van der Waals surface area contributed by atoms with Crippen LogP contribution in [-0.4, -0.2) is 48.4 Å². The lowest BCUT2D eigenvalue weighted by Gasteiger charge is -2.38. The summed E-state index contributed by atoms with van der Waals surface area (Å²) in [7, 11) is 3.11. The molecule has 3 amide bonds. The maximum Gasteiger partial charge on any atom is 0.313 e. The Labute approximate surface area is 180 Å². The molecule has 2 heterocycles. The van der Waals surface area contributed by atoms with Gasteiger partial charge in [-0.1, -0.05) is 13.0 Å². The summed E-state index contributed by atoms with van der Waals surface area (Å²) in [5, 5.41) is 2.52. The van der Waals surface area contributed by atoms with E-state index >= 15 is 0 Å². The summed E-state index contributed by atoms with van der Waals surface area (Å²) in [6.45, 7) is 2.49. The van der Waals surface area contributed by atoms with Crippen LogP contribution in [0.5, 0.6) is 11.5 Å². The van der Waals surface area contributed by atoms with Crippen molar-refractivity contribution in [3.05, 3.63) is 47.8 Å². The van der Waals surface area contributed by atoms with Gasteiger partial charge in [0.2, 0.25) is 5.91 Å². The molecule has 1 fully saturated rings. The third-order valence-corrected chi connectivity index (χ3v) is 5.35. The zero-order valence-corrected chi connectivity index (χ0v) is 17.8. The van der Waals surface area contributed by atoms with E-state index in [0.29, 0.717) is 24.5 Å². The number of nitrogens with one attached hydrogen (secondary N) is 1. The van der Waals surface area contributed by atoms with Crippen molar-refractivity contribution < 1.29 is 23.9 Å². The SMILES string of the molecule is COc1ccc([C@@H]2CC[C@@H](C)CN2C(=O)C(=O)Nc2cncc(C(N)=O)c2)cc1OC. The molecule has 0 saturated carbocycles. The normalized spacial score (nSPS) is 18.2. The number of nitrogens with zero attached hydrogens (tertiary/aromatic N) is 2. The lowest BCUT2D eigenvalue weighted by Crippen LogP contribution is -2.46. The van der Waals surface area contributed by atoms with Crippen molar-refractivity contribution in [1.29, 1.82) is 0 Å². The van der Waals surface area contributed by atoms with Crippen molar-refractivity contribution in [1.82, 2.24) is 9.88 Å². The van der Waals surface area contributed by atoms with E-state index in [-0.39, 0.29) is 23.2 Å². The van der Waals surface area contributed by atoms with E-state index in [4.69, 9.17) is 15.2 Å². The summed E-state index contributed by atoms with van der Waals surface area (Å²) in [5.41, 5.74) is 6.47. The van der Waals surface area contributed by atoms with Crippen LogP contribution in [0.4, 0.5) is 5.69 Å². The van der Waals surface area contributed by atoms with Gasteiger partial charge in [-0.15, -0.1) is 0 Å². The van der Waals surface area contributed by atoms with Crippen LogP contribution in [0, 0.1) is 5.92 Å². The first-order valence-corrected chi connectivity index (χ1v) is 9.92. The van der Waals surface area contributed by atoms with Crippen LogP contribution >= 0.6 is 0 Å². The fourth-order valence-corrected chi connectivity index (χ4v) is 3.74. The number of hydrogen-bond acceptors (Lipinski definition) is 6. The van der Waals surface area contributed by atoms with Gasteiger partial charge in [-0.05, 0) is 42.5 Å². The molecule has 1 aromatic heterocycles. The first-order valence-electron chi connectivity index (χ1n) is 9.92. The molecule has 9 nitrogen and oxygen atoms in total. The lowest BCUT2D eigenvalue weighted by atomic mass is 9.89.